The fraction of sp³-hybridized carbons (Fsp3) is 0.429. The fourth-order valence-corrected chi connectivity index (χ4v) is 2.23. The average Bonchev–Trinajstić information content (AvgIpc) is 2.46. The number of hydrogen-bond acceptors (Lipinski definition) is 4. The zero-order chi connectivity index (χ0) is 14.5. The number of carboxylic acid groups (broad SMARTS) is 1. The van der Waals surface area contributed by atoms with Crippen LogP contribution < -0.4 is 10.6 Å². The third-order valence-corrected chi connectivity index (χ3v) is 3.40. The first kappa shape index (κ1) is 14.3. The van der Waals surface area contributed by atoms with Crippen molar-refractivity contribution in [1.29, 1.82) is 0 Å². The molecule has 2 unspecified atom stereocenters. The maximum Gasteiger partial charge on any atom is 0.332 e. The van der Waals surface area contributed by atoms with E-state index < -0.39 is 12.1 Å². The third-order valence-electron chi connectivity index (χ3n) is 3.40. The molecule has 2 rings (SSSR count). The van der Waals surface area contributed by atoms with Crippen LogP contribution >= 0.6 is 0 Å². The Kier molecular flexibility index (Phi) is 4.57. The Morgan fingerprint density at radius 1 is 1.40 bits per heavy atom. The van der Waals surface area contributed by atoms with E-state index in [2.05, 4.69) is 10.6 Å². The predicted octanol–water partition coefficient (Wildman–Crippen LogP) is 0.223. The molecule has 1 aliphatic rings. The summed E-state index contributed by atoms with van der Waals surface area (Å²) in [5.74, 6) is -1.57. The van der Waals surface area contributed by atoms with Gasteiger partial charge in [-0.3, -0.25) is 4.79 Å². The molecule has 0 saturated carbocycles. The van der Waals surface area contributed by atoms with E-state index >= 15 is 0 Å². The second kappa shape index (κ2) is 6.38. The summed E-state index contributed by atoms with van der Waals surface area (Å²) < 4.78 is 0. The number of aliphatic hydroxyl groups is 1. The molecule has 1 aliphatic heterocycles. The summed E-state index contributed by atoms with van der Waals surface area (Å²) in [5, 5.41) is 23.5. The van der Waals surface area contributed by atoms with Crippen molar-refractivity contribution in [3.8, 4) is 0 Å². The number of benzene rings is 1. The smallest absolute Gasteiger partial charge is 0.332 e. The quantitative estimate of drug-likeness (QED) is 0.617. The fourth-order valence-electron chi connectivity index (χ4n) is 2.23. The Morgan fingerprint density at radius 2 is 2.15 bits per heavy atom. The van der Waals surface area contributed by atoms with Crippen LogP contribution in [0.3, 0.4) is 0 Å². The molecule has 0 spiro atoms. The highest BCUT2D eigenvalue weighted by Gasteiger charge is 2.24. The molecule has 0 bridgehead atoms. The Balaban J connectivity index is 1.81. The number of anilines is 1. The van der Waals surface area contributed by atoms with Gasteiger partial charge in [0.25, 0.3) is 0 Å². The summed E-state index contributed by atoms with van der Waals surface area (Å²) in [7, 11) is 0. The minimum atomic E-state index is -1.43. The number of fused-ring (bicyclic) bond motifs is 1. The van der Waals surface area contributed by atoms with Gasteiger partial charge in [0.2, 0.25) is 5.91 Å². The molecule has 1 heterocycles. The van der Waals surface area contributed by atoms with Gasteiger partial charge in [0.1, 0.15) is 0 Å². The molecular formula is C14H18N2O4. The van der Waals surface area contributed by atoms with Crippen LogP contribution in [-0.2, 0) is 16.0 Å². The van der Waals surface area contributed by atoms with Gasteiger partial charge in [-0.2, -0.15) is 0 Å². The number of amides is 1. The van der Waals surface area contributed by atoms with Crippen LogP contribution in [0.4, 0.5) is 5.69 Å². The molecule has 0 aliphatic carbocycles. The first-order valence-corrected chi connectivity index (χ1v) is 6.58. The highest BCUT2D eigenvalue weighted by molar-refractivity contribution is 5.81. The second-order valence-corrected chi connectivity index (χ2v) is 4.87. The Morgan fingerprint density at radius 3 is 2.90 bits per heavy atom. The maximum atomic E-state index is 12.0. The lowest BCUT2D eigenvalue weighted by molar-refractivity contribution is -0.147. The molecule has 0 radical (unpaired) electrons. The van der Waals surface area contributed by atoms with Crippen molar-refractivity contribution < 1.29 is 19.8 Å². The van der Waals surface area contributed by atoms with Crippen LogP contribution in [0.25, 0.3) is 0 Å². The SMILES string of the molecule is O=C(O)C(O)CCNC(=O)C1CNc2ccccc2C1. The van der Waals surface area contributed by atoms with E-state index in [0.717, 1.165) is 11.3 Å². The molecule has 20 heavy (non-hydrogen) atoms. The highest BCUT2D eigenvalue weighted by Crippen LogP contribution is 2.24. The molecule has 1 aromatic carbocycles. The van der Waals surface area contributed by atoms with Gasteiger partial charge in [-0.05, 0) is 18.1 Å². The summed E-state index contributed by atoms with van der Waals surface area (Å²) in [4.78, 5) is 22.4. The van der Waals surface area contributed by atoms with Crippen LogP contribution in [0.15, 0.2) is 24.3 Å². The van der Waals surface area contributed by atoms with E-state index in [-0.39, 0.29) is 24.8 Å². The van der Waals surface area contributed by atoms with E-state index in [1.54, 1.807) is 0 Å². The molecule has 6 nitrogen and oxygen atoms in total. The molecule has 6 heteroatoms. The number of carbonyl (C=O) groups is 2. The maximum absolute atomic E-state index is 12.0. The van der Waals surface area contributed by atoms with E-state index in [0.29, 0.717) is 13.0 Å². The number of aliphatic hydroxyl groups excluding tert-OH is 1. The van der Waals surface area contributed by atoms with E-state index in [1.807, 2.05) is 24.3 Å². The van der Waals surface area contributed by atoms with Gasteiger partial charge in [0.05, 0.1) is 5.92 Å². The van der Waals surface area contributed by atoms with Gasteiger partial charge in [0, 0.05) is 25.2 Å². The average molecular weight is 278 g/mol. The van der Waals surface area contributed by atoms with Crippen molar-refractivity contribution in [3.63, 3.8) is 0 Å². The van der Waals surface area contributed by atoms with Crippen LogP contribution in [0.1, 0.15) is 12.0 Å². The van der Waals surface area contributed by atoms with Crippen LogP contribution in [-0.4, -0.2) is 41.3 Å². The molecule has 4 N–H and O–H groups in total. The number of carbonyl (C=O) groups excluding carboxylic acids is 1. The van der Waals surface area contributed by atoms with Gasteiger partial charge < -0.3 is 20.8 Å². The Hall–Kier alpha value is -2.08. The number of nitrogens with one attached hydrogen (secondary N) is 2. The molecule has 108 valence electrons. The first-order chi connectivity index (χ1) is 9.58. The minimum absolute atomic E-state index is 0.0117. The van der Waals surface area contributed by atoms with E-state index in [9.17, 15) is 9.59 Å². The molecule has 1 aromatic rings. The van der Waals surface area contributed by atoms with Crippen molar-refractivity contribution in [3.05, 3.63) is 29.8 Å². The van der Waals surface area contributed by atoms with Gasteiger partial charge in [-0.1, -0.05) is 18.2 Å². The van der Waals surface area contributed by atoms with Crippen LogP contribution in [0.5, 0.6) is 0 Å². The van der Waals surface area contributed by atoms with Crippen molar-refractivity contribution in [1.82, 2.24) is 5.32 Å². The summed E-state index contributed by atoms with van der Waals surface area (Å²) in [5.41, 5.74) is 2.15. The summed E-state index contributed by atoms with van der Waals surface area (Å²) in [6, 6.07) is 7.84. The van der Waals surface area contributed by atoms with Crippen LogP contribution in [0.2, 0.25) is 0 Å². The van der Waals surface area contributed by atoms with Gasteiger partial charge in [-0.15, -0.1) is 0 Å². The van der Waals surface area contributed by atoms with E-state index in [4.69, 9.17) is 10.2 Å². The summed E-state index contributed by atoms with van der Waals surface area (Å²) in [6.07, 6.45) is -0.755. The zero-order valence-electron chi connectivity index (χ0n) is 11.0. The summed E-state index contributed by atoms with van der Waals surface area (Å²) in [6.45, 7) is 0.717. The number of rotatable bonds is 5. The number of carboxylic acids is 1. The molecule has 0 saturated heterocycles. The topological polar surface area (TPSA) is 98.7 Å². The third kappa shape index (κ3) is 3.48. The first-order valence-electron chi connectivity index (χ1n) is 6.58. The van der Waals surface area contributed by atoms with Crippen molar-refractivity contribution >= 4 is 17.6 Å². The Bertz CT molecular complexity index is 504. The zero-order valence-corrected chi connectivity index (χ0v) is 11.0. The lowest BCUT2D eigenvalue weighted by Gasteiger charge is -2.25. The van der Waals surface area contributed by atoms with Crippen molar-refractivity contribution in [2.75, 3.05) is 18.4 Å². The minimum Gasteiger partial charge on any atom is -0.479 e. The van der Waals surface area contributed by atoms with Gasteiger partial charge >= 0.3 is 5.97 Å². The molecule has 0 fully saturated rings. The van der Waals surface area contributed by atoms with Crippen LogP contribution in [0, 0.1) is 5.92 Å². The predicted molar refractivity (Wildman–Crippen MR) is 73.4 cm³/mol. The monoisotopic (exact) mass is 278 g/mol. The van der Waals surface area contributed by atoms with Gasteiger partial charge in [-0.25, -0.2) is 4.79 Å². The lowest BCUT2D eigenvalue weighted by atomic mass is 9.93. The van der Waals surface area contributed by atoms with E-state index in [1.165, 1.54) is 0 Å². The van der Waals surface area contributed by atoms with Gasteiger partial charge in [0.15, 0.2) is 6.10 Å². The lowest BCUT2D eigenvalue weighted by Crippen LogP contribution is -2.39. The summed E-state index contributed by atoms with van der Waals surface area (Å²) >= 11 is 0. The molecular weight excluding hydrogens is 260 g/mol. The number of aliphatic carboxylic acids is 1. The molecule has 2 atom stereocenters. The standard InChI is InChI=1S/C14H18N2O4/c17-12(14(19)20)5-6-15-13(18)10-7-9-3-1-2-4-11(9)16-8-10/h1-4,10,12,16-17H,5-8H2,(H,15,18)(H,19,20). The molecule has 0 aromatic heterocycles. The largest absolute Gasteiger partial charge is 0.479 e. The van der Waals surface area contributed by atoms with Crippen molar-refractivity contribution in [2.24, 2.45) is 5.92 Å². The number of hydrogen-bond donors (Lipinski definition) is 4. The van der Waals surface area contributed by atoms with Crippen molar-refractivity contribution in [2.45, 2.75) is 18.9 Å². The normalized spacial score (nSPS) is 18.6. The molecule has 1 amide bonds. The Labute approximate surface area is 116 Å². The highest BCUT2D eigenvalue weighted by atomic mass is 16.4. The number of para-hydroxylation sites is 1. The second-order valence-electron chi connectivity index (χ2n) is 4.87.